The Bertz CT molecular complexity index is 1550. The van der Waals surface area contributed by atoms with Crippen LogP contribution in [0.2, 0.25) is 10.0 Å². The third kappa shape index (κ3) is 7.95. The van der Waals surface area contributed by atoms with Gasteiger partial charge in [0.25, 0.3) is 5.91 Å². The van der Waals surface area contributed by atoms with Crippen molar-refractivity contribution >= 4 is 52.6 Å². The molecule has 3 amide bonds. The van der Waals surface area contributed by atoms with Gasteiger partial charge in [-0.05, 0) is 42.7 Å². The molecule has 0 unspecified atom stereocenters. The van der Waals surface area contributed by atoms with Crippen LogP contribution < -0.4 is 20.7 Å². The number of amides is 3. The van der Waals surface area contributed by atoms with Gasteiger partial charge < -0.3 is 19.9 Å². The standard InChI is InChI=1S/C28H29Cl2N7O5/c1-3-4-5-18-14-22(37(36-18)19-8-6-17(15-38)7-9-19)33-28(40)32-20-10-11-21(26(30)25(20)29)42-24-12-13-31-27(35-24)34-23(39)16-41-2/h6-14,38H,3-5,15-16H2,1-2H3,(H2,32,33,40)(H,31,34,35,39). The van der Waals surface area contributed by atoms with Crippen LogP contribution in [0, 0.1) is 0 Å². The zero-order valence-electron chi connectivity index (χ0n) is 22.9. The van der Waals surface area contributed by atoms with E-state index < -0.39 is 11.9 Å². The Morgan fingerprint density at radius 1 is 1.02 bits per heavy atom. The van der Waals surface area contributed by atoms with E-state index in [4.69, 9.17) is 32.7 Å². The predicted molar refractivity (Wildman–Crippen MR) is 160 cm³/mol. The van der Waals surface area contributed by atoms with E-state index in [9.17, 15) is 14.7 Å². The van der Waals surface area contributed by atoms with Gasteiger partial charge in [-0.3, -0.25) is 15.4 Å². The number of carbonyl (C=O) groups excluding carboxylic acids is 2. The Kier molecular flexibility index (Phi) is 10.7. The molecule has 4 aromatic rings. The number of benzene rings is 2. The fourth-order valence-electron chi connectivity index (χ4n) is 3.78. The van der Waals surface area contributed by atoms with Gasteiger partial charge in [0.1, 0.15) is 23.2 Å². The second-order valence-electron chi connectivity index (χ2n) is 8.98. The highest BCUT2D eigenvalue weighted by molar-refractivity contribution is 6.45. The molecule has 0 aliphatic heterocycles. The number of hydrogen-bond donors (Lipinski definition) is 4. The lowest BCUT2D eigenvalue weighted by molar-refractivity contribution is -0.119. The van der Waals surface area contributed by atoms with Gasteiger partial charge in [0.05, 0.1) is 28.7 Å². The number of anilines is 3. The highest BCUT2D eigenvalue weighted by Crippen LogP contribution is 2.39. The van der Waals surface area contributed by atoms with Gasteiger partial charge >= 0.3 is 6.03 Å². The quantitative estimate of drug-likeness (QED) is 0.156. The van der Waals surface area contributed by atoms with Crippen molar-refractivity contribution in [1.82, 2.24) is 19.7 Å². The summed E-state index contributed by atoms with van der Waals surface area (Å²) in [6.07, 6.45) is 4.11. The molecule has 42 heavy (non-hydrogen) atoms. The van der Waals surface area contributed by atoms with Gasteiger partial charge in [-0.25, -0.2) is 14.5 Å². The van der Waals surface area contributed by atoms with Crippen molar-refractivity contribution in [2.45, 2.75) is 32.8 Å². The first-order valence-corrected chi connectivity index (χ1v) is 13.7. The number of aryl methyl sites for hydroxylation is 1. The average Bonchev–Trinajstić information content (AvgIpc) is 3.38. The van der Waals surface area contributed by atoms with Crippen molar-refractivity contribution in [2.75, 3.05) is 29.7 Å². The average molecular weight is 614 g/mol. The van der Waals surface area contributed by atoms with Crippen molar-refractivity contribution in [2.24, 2.45) is 0 Å². The van der Waals surface area contributed by atoms with Crippen molar-refractivity contribution in [1.29, 1.82) is 0 Å². The van der Waals surface area contributed by atoms with E-state index in [1.807, 2.05) is 18.2 Å². The molecule has 4 N–H and O–H groups in total. The number of aliphatic hydroxyl groups is 1. The monoisotopic (exact) mass is 613 g/mol. The summed E-state index contributed by atoms with van der Waals surface area (Å²) in [5.41, 5.74) is 2.55. The van der Waals surface area contributed by atoms with Crippen LogP contribution in [0.1, 0.15) is 31.0 Å². The predicted octanol–water partition coefficient (Wildman–Crippen LogP) is 5.83. The van der Waals surface area contributed by atoms with E-state index in [1.165, 1.54) is 31.5 Å². The molecule has 0 saturated carbocycles. The molecule has 0 aliphatic carbocycles. The van der Waals surface area contributed by atoms with Crippen LogP contribution in [0.3, 0.4) is 0 Å². The summed E-state index contributed by atoms with van der Waals surface area (Å²) in [5, 5.41) is 22.1. The summed E-state index contributed by atoms with van der Waals surface area (Å²) in [6, 6.07) is 13.0. The van der Waals surface area contributed by atoms with Crippen LogP contribution in [0.15, 0.2) is 54.7 Å². The van der Waals surface area contributed by atoms with Gasteiger partial charge in [-0.15, -0.1) is 0 Å². The van der Waals surface area contributed by atoms with Crippen molar-refractivity contribution in [3.05, 3.63) is 76.0 Å². The van der Waals surface area contributed by atoms with Crippen molar-refractivity contribution in [3.63, 3.8) is 0 Å². The van der Waals surface area contributed by atoms with E-state index in [2.05, 4.69) is 37.9 Å². The fourth-order valence-corrected chi connectivity index (χ4v) is 4.19. The van der Waals surface area contributed by atoms with Crippen molar-refractivity contribution in [3.8, 4) is 17.3 Å². The third-order valence-corrected chi connectivity index (χ3v) is 6.68. The molecule has 14 heteroatoms. The van der Waals surface area contributed by atoms with Crippen LogP contribution in [0.4, 0.5) is 22.2 Å². The molecule has 0 fully saturated rings. The highest BCUT2D eigenvalue weighted by Gasteiger charge is 2.17. The summed E-state index contributed by atoms with van der Waals surface area (Å²) in [6.45, 7) is 1.87. The summed E-state index contributed by atoms with van der Waals surface area (Å²) in [7, 11) is 1.40. The Labute approximate surface area is 252 Å². The molecule has 0 spiro atoms. The van der Waals surface area contributed by atoms with Gasteiger partial charge in [0.15, 0.2) is 0 Å². The Hall–Kier alpha value is -4.23. The maximum Gasteiger partial charge on any atom is 0.324 e. The molecule has 0 atom stereocenters. The number of carbonyl (C=O) groups is 2. The second-order valence-corrected chi connectivity index (χ2v) is 9.74. The normalized spacial score (nSPS) is 10.8. The first kappa shape index (κ1) is 30.7. The maximum atomic E-state index is 13.0. The minimum Gasteiger partial charge on any atom is -0.437 e. The first-order valence-electron chi connectivity index (χ1n) is 13.0. The molecular formula is C28H29Cl2N7O5. The number of nitrogens with one attached hydrogen (secondary N) is 3. The number of ether oxygens (including phenoxy) is 2. The SMILES string of the molecule is CCCCc1cc(NC(=O)Nc2ccc(Oc3ccnc(NC(=O)COC)n3)c(Cl)c2Cl)n(-c2ccc(CO)cc2)n1. The number of hydrogen-bond acceptors (Lipinski definition) is 8. The van der Waals surface area contributed by atoms with E-state index in [0.29, 0.717) is 5.82 Å². The van der Waals surface area contributed by atoms with Gasteiger partial charge in [0.2, 0.25) is 11.8 Å². The summed E-state index contributed by atoms with van der Waals surface area (Å²) < 4.78 is 12.1. The Morgan fingerprint density at radius 3 is 2.52 bits per heavy atom. The highest BCUT2D eigenvalue weighted by atomic mass is 35.5. The molecule has 2 heterocycles. The Morgan fingerprint density at radius 2 is 1.81 bits per heavy atom. The lowest BCUT2D eigenvalue weighted by Crippen LogP contribution is -2.21. The molecule has 0 aliphatic rings. The number of halogens is 2. The molecule has 0 bridgehead atoms. The third-order valence-electron chi connectivity index (χ3n) is 5.82. The molecule has 4 rings (SSSR count). The molecule has 12 nitrogen and oxygen atoms in total. The largest absolute Gasteiger partial charge is 0.437 e. The zero-order chi connectivity index (χ0) is 30.1. The molecular weight excluding hydrogens is 585 g/mol. The minimum atomic E-state index is -0.566. The van der Waals surface area contributed by atoms with Crippen LogP contribution in [-0.2, 0) is 22.6 Å². The molecule has 2 aromatic heterocycles. The molecule has 220 valence electrons. The lowest BCUT2D eigenvalue weighted by Gasteiger charge is -2.14. The summed E-state index contributed by atoms with van der Waals surface area (Å²) >= 11 is 12.9. The lowest BCUT2D eigenvalue weighted by atomic mass is 10.2. The van der Waals surface area contributed by atoms with Crippen LogP contribution in [-0.4, -0.2) is 50.5 Å². The number of aromatic nitrogens is 4. The van der Waals surface area contributed by atoms with E-state index >= 15 is 0 Å². The number of rotatable bonds is 12. The van der Waals surface area contributed by atoms with Gasteiger partial charge in [0, 0.05) is 25.4 Å². The van der Waals surface area contributed by atoms with Crippen LogP contribution in [0.25, 0.3) is 5.69 Å². The number of urea groups is 1. The number of nitrogens with zero attached hydrogens (tertiary/aromatic N) is 4. The summed E-state index contributed by atoms with van der Waals surface area (Å²) in [5.74, 6) is 0.325. The molecule has 2 aromatic carbocycles. The van der Waals surface area contributed by atoms with Crippen LogP contribution in [0.5, 0.6) is 11.6 Å². The number of methoxy groups -OCH3 is 1. The van der Waals surface area contributed by atoms with Gasteiger partial charge in [-0.1, -0.05) is 48.7 Å². The van der Waals surface area contributed by atoms with Gasteiger partial charge in [-0.2, -0.15) is 10.1 Å². The second kappa shape index (κ2) is 14.6. The summed E-state index contributed by atoms with van der Waals surface area (Å²) in [4.78, 5) is 32.8. The minimum absolute atomic E-state index is 0.0214. The first-order chi connectivity index (χ1) is 20.3. The number of unbranched alkanes of at least 4 members (excludes halogenated alkanes) is 1. The van der Waals surface area contributed by atoms with Crippen LogP contribution >= 0.6 is 23.2 Å². The van der Waals surface area contributed by atoms with Crippen molar-refractivity contribution < 1.29 is 24.2 Å². The fraction of sp³-hybridized carbons (Fsp3) is 0.250. The Balaban J connectivity index is 1.48. The number of aliphatic hydroxyl groups excluding tert-OH is 1. The molecule has 0 saturated heterocycles. The molecule has 0 radical (unpaired) electrons. The maximum absolute atomic E-state index is 13.0. The zero-order valence-corrected chi connectivity index (χ0v) is 24.4. The van der Waals surface area contributed by atoms with E-state index in [0.717, 1.165) is 36.2 Å². The van der Waals surface area contributed by atoms with E-state index in [-0.39, 0.29) is 46.5 Å². The topological polar surface area (TPSA) is 153 Å². The van der Waals surface area contributed by atoms with E-state index in [1.54, 1.807) is 16.8 Å². The smallest absolute Gasteiger partial charge is 0.324 e.